The van der Waals surface area contributed by atoms with Gasteiger partial charge in [-0.15, -0.1) is 0 Å². The van der Waals surface area contributed by atoms with Crippen LogP contribution in [0.15, 0.2) is 47.4 Å². The van der Waals surface area contributed by atoms with E-state index in [0.717, 1.165) is 5.56 Å². The zero-order valence-corrected chi connectivity index (χ0v) is 9.91. The molecule has 2 rings (SSSR count). The molecule has 0 radical (unpaired) electrons. The van der Waals surface area contributed by atoms with Gasteiger partial charge in [-0.25, -0.2) is 4.79 Å². The number of aromatic nitrogens is 1. The van der Waals surface area contributed by atoms with Gasteiger partial charge in [0, 0.05) is 6.20 Å². The second-order valence-corrected chi connectivity index (χ2v) is 3.97. The summed E-state index contributed by atoms with van der Waals surface area (Å²) in [7, 11) is 0. The molecule has 5 nitrogen and oxygen atoms in total. The van der Waals surface area contributed by atoms with Crippen LogP contribution in [0.25, 0.3) is 0 Å². The minimum Gasteiger partial charge on any atom is -0.477 e. The van der Waals surface area contributed by atoms with Crippen LogP contribution in [-0.4, -0.2) is 15.6 Å². The Labute approximate surface area is 109 Å². The van der Waals surface area contributed by atoms with Gasteiger partial charge in [-0.1, -0.05) is 12.1 Å². The Morgan fingerprint density at radius 2 is 2.11 bits per heavy atom. The van der Waals surface area contributed by atoms with Gasteiger partial charge in [0.2, 0.25) is 0 Å². The van der Waals surface area contributed by atoms with Gasteiger partial charge < -0.3 is 9.67 Å². The fourth-order valence-corrected chi connectivity index (χ4v) is 1.76. The molecule has 1 N–H and O–H groups in total. The van der Waals surface area contributed by atoms with Crippen molar-refractivity contribution in [2.75, 3.05) is 0 Å². The van der Waals surface area contributed by atoms with Crippen molar-refractivity contribution in [1.82, 2.24) is 4.57 Å². The van der Waals surface area contributed by atoms with Crippen LogP contribution in [0.4, 0.5) is 0 Å². The van der Waals surface area contributed by atoms with Gasteiger partial charge in [0.1, 0.15) is 5.56 Å². The lowest BCUT2D eigenvalue weighted by Crippen LogP contribution is -2.25. The van der Waals surface area contributed by atoms with Crippen molar-refractivity contribution in [2.24, 2.45) is 0 Å². The smallest absolute Gasteiger partial charge is 0.341 e. The Hall–Kier alpha value is -2.87. The second kappa shape index (κ2) is 5.19. The highest BCUT2D eigenvalue weighted by Crippen LogP contribution is 2.05. The maximum absolute atomic E-state index is 11.9. The number of hydrogen-bond acceptors (Lipinski definition) is 3. The minimum atomic E-state index is -1.25. The lowest BCUT2D eigenvalue weighted by atomic mass is 10.1. The molecule has 0 spiro atoms. The molecule has 0 fully saturated rings. The van der Waals surface area contributed by atoms with E-state index in [0.29, 0.717) is 5.56 Å². The number of nitrogens with zero attached hydrogens (tertiary/aromatic N) is 2. The number of pyridine rings is 1. The Kier molecular flexibility index (Phi) is 3.44. The molecular weight excluding hydrogens is 244 g/mol. The third-order valence-corrected chi connectivity index (χ3v) is 2.66. The van der Waals surface area contributed by atoms with Crippen LogP contribution in [0.3, 0.4) is 0 Å². The standard InChI is InChI=1S/C14H10N2O3/c15-8-10-3-1-4-11(7-10)9-16-6-2-5-12(13(16)17)14(18)19/h1-7H,9H2,(H,18,19). The molecule has 19 heavy (non-hydrogen) atoms. The number of nitriles is 1. The third-order valence-electron chi connectivity index (χ3n) is 2.66. The Balaban J connectivity index is 2.39. The number of benzene rings is 1. The molecule has 0 aliphatic rings. The number of carboxylic acids is 1. The molecule has 0 saturated heterocycles. The lowest BCUT2D eigenvalue weighted by Gasteiger charge is -2.06. The SMILES string of the molecule is N#Cc1cccc(Cn2cccc(C(=O)O)c2=O)c1. The first-order chi connectivity index (χ1) is 9.11. The van der Waals surface area contributed by atoms with Crippen molar-refractivity contribution in [1.29, 1.82) is 5.26 Å². The van der Waals surface area contributed by atoms with Crippen molar-refractivity contribution in [3.8, 4) is 6.07 Å². The third kappa shape index (κ3) is 2.69. The summed E-state index contributed by atoms with van der Waals surface area (Å²) in [6.07, 6.45) is 1.52. The molecule has 94 valence electrons. The van der Waals surface area contributed by atoms with Crippen LogP contribution in [0.5, 0.6) is 0 Å². The molecule has 0 bridgehead atoms. The monoisotopic (exact) mass is 254 g/mol. The van der Waals surface area contributed by atoms with Crippen LogP contribution in [0, 0.1) is 11.3 Å². The largest absolute Gasteiger partial charge is 0.477 e. The summed E-state index contributed by atoms with van der Waals surface area (Å²) in [5, 5.41) is 17.7. The van der Waals surface area contributed by atoms with Crippen molar-refractivity contribution in [3.05, 3.63) is 69.6 Å². The Morgan fingerprint density at radius 1 is 1.32 bits per heavy atom. The van der Waals surface area contributed by atoms with Crippen LogP contribution in [0.1, 0.15) is 21.5 Å². The van der Waals surface area contributed by atoms with Gasteiger partial charge in [-0.05, 0) is 29.8 Å². The fraction of sp³-hybridized carbons (Fsp3) is 0.0714. The normalized spacial score (nSPS) is 9.84. The first-order valence-corrected chi connectivity index (χ1v) is 5.53. The van der Waals surface area contributed by atoms with Crippen LogP contribution in [0.2, 0.25) is 0 Å². The van der Waals surface area contributed by atoms with Crippen molar-refractivity contribution < 1.29 is 9.90 Å². The van der Waals surface area contributed by atoms with Gasteiger partial charge >= 0.3 is 5.97 Å². The zero-order valence-electron chi connectivity index (χ0n) is 9.91. The Bertz CT molecular complexity index is 726. The summed E-state index contributed by atoms with van der Waals surface area (Å²) < 4.78 is 1.31. The van der Waals surface area contributed by atoms with E-state index in [1.54, 1.807) is 24.3 Å². The highest BCUT2D eigenvalue weighted by molar-refractivity contribution is 5.86. The van der Waals surface area contributed by atoms with E-state index in [1.807, 2.05) is 6.07 Å². The average Bonchev–Trinajstić information content (AvgIpc) is 2.41. The molecule has 1 aromatic carbocycles. The van der Waals surface area contributed by atoms with Crippen molar-refractivity contribution >= 4 is 5.97 Å². The molecule has 1 aromatic heterocycles. The van der Waals surface area contributed by atoms with E-state index in [1.165, 1.54) is 22.9 Å². The van der Waals surface area contributed by atoms with Crippen molar-refractivity contribution in [3.63, 3.8) is 0 Å². The lowest BCUT2D eigenvalue weighted by molar-refractivity contribution is 0.0694. The van der Waals surface area contributed by atoms with E-state index < -0.39 is 11.5 Å². The van der Waals surface area contributed by atoms with Gasteiger partial charge in [0.25, 0.3) is 5.56 Å². The number of carboxylic acid groups (broad SMARTS) is 1. The maximum Gasteiger partial charge on any atom is 0.341 e. The zero-order chi connectivity index (χ0) is 13.8. The molecule has 0 amide bonds. The first kappa shape index (κ1) is 12.6. The number of hydrogen-bond donors (Lipinski definition) is 1. The minimum absolute atomic E-state index is 0.232. The molecule has 0 aliphatic heterocycles. The van der Waals surface area contributed by atoms with Gasteiger partial charge in [0.15, 0.2) is 0 Å². The van der Waals surface area contributed by atoms with E-state index in [4.69, 9.17) is 10.4 Å². The summed E-state index contributed by atoms with van der Waals surface area (Å²) >= 11 is 0. The summed E-state index contributed by atoms with van der Waals surface area (Å²) in [4.78, 5) is 22.8. The number of rotatable bonds is 3. The molecule has 1 heterocycles. The van der Waals surface area contributed by atoms with Crippen molar-refractivity contribution in [2.45, 2.75) is 6.54 Å². The van der Waals surface area contributed by atoms with Gasteiger partial charge in [-0.2, -0.15) is 5.26 Å². The van der Waals surface area contributed by atoms with Crippen LogP contribution >= 0.6 is 0 Å². The van der Waals surface area contributed by atoms with E-state index in [2.05, 4.69) is 0 Å². The number of aromatic carboxylic acids is 1. The molecule has 2 aromatic rings. The second-order valence-electron chi connectivity index (χ2n) is 3.97. The predicted octanol–water partition coefficient (Wildman–Crippen LogP) is 1.47. The maximum atomic E-state index is 11.9. The first-order valence-electron chi connectivity index (χ1n) is 5.53. The molecule has 0 saturated carbocycles. The molecule has 5 heteroatoms. The summed E-state index contributed by atoms with van der Waals surface area (Å²) in [6, 6.07) is 11.6. The molecule has 0 atom stereocenters. The summed E-state index contributed by atoms with van der Waals surface area (Å²) in [5.41, 5.74) is 0.444. The summed E-state index contributed by atoms with van der Waals surface area (Å²) in [5.74, 6) is -1.25. The molecule has 0 aliphatic carbocycles. The highest BCUT2D eigenvalue weighted by Gasteiger charge is 2.10. The fourth-order valence-electron chi connectivity index (χ4n) is 1.76. The highest BCUT2D eigenvalue weighted by atomic mass is 16.4. The van der Waals surface area contributed by atoms with Gasteiger partial charge in [0.05, 0.1) is 18.2 Å². The van der Waals surface area contributed by atoms with Gasteiger partial charge in [-0.3, -0.25) is 4.79 Å². The average molecular weight is 254 g/mol. The number of carbonyl (C=O) groups is 1. The predicted molar refractivity (Wildman–Crippen MR) is 67.9 cm³/mol. The topological polar surface area (TPSA) is 83.1 Å². The van der Waals surface area contributed by atoms with Crippen LogP contribution in [-0.2, 0) is 6.54 Å². The Morgan fingerprint density at radius 3 is 2.79 bits per heavy atom. The van der Waals surface area contributed by atoms with Crippen LogP contribution < -0.4 is 5.56 Å². The molecular formula is C14H10N2O3. The van der Waals surface area contributed by atoms with E-state index in [9.17, 15) is 9.59 Å². The van der Waals surface area contributed by atoms with E-state index in [-0.39, 0.29) is 12.1 Å². The quantitative estimate of drug-likeness (QED) is 0.898. The summed E-state index contributed by atoms with van der Waals surface area (Å²) in [6.45, 7) is 0.232. The van der Waals surface area contributed by atoms with E-state index >= 15 is 0 Å². The molecule has 0 unspecified atom stereocenters.